The van der Waals surface area contributed by atoms with Crippen molar-refractivity contribution < 1.29 is 0 Å². The lowest BCUT2D eigenvalue weighted by Gasteiger charge is -2.48. The van der Waals surface area contributed by atoms with E-state index in [-0.39, 0.29) is 0 Å². The van der Waals surface area contributed by atoms with Crippen molar-refractivity contribution in [2.24, 2.45) is 0 Å². The Labute approximate surface area is 409 Å². The first-order chi connectivity index (χ1) is 34.7. The Morgan fingerprint density at radius 1 is 0.214 bits per heavy atom. The predicted molar refractivity (Wildman–Crippen MR) is 301 cm³/mol. The molecule has 0 fully saturated rings. The third kappa shape index (κ3) is 5.78. The van der Waals surface area contributed by atoms with E-state index in [1.807, 2.05) is 0 Å². The molecule has 2 aromatic heterocycles. The second kappa shape index (κ2) is 16.0. The lowest BCUT2D eigenvalue weighted by atomic mass is 10.1. The summed E-state index contributed by atoms with van der Waals surface area (Å²) < 4.78 is 4.99. The minimum Gasteiger partial charge on any atom is -0.309 e. The molecule has 0 atom stereocenters. The van der Waals surface area contributed by atoms with Gasteiger partial charge in [0.2, 0.25) is 0 Å². The van der Waals surface area contributed by atoms with Crippen molar-refractivity contribution in [1.29, 1.82) is 0 Å². The Morgan fingerprint density at radius 3 is 1.06 bits per heavy atom. The Morgan fingerprint density at radius 2 is 0.557 bits per heavy atom. The van der Waals surface area contributed by atoms with Crippen LogP contribution in [0.1, 0.15) is 0 Å². The van der Waals surface area contributed by atoms with E-state index in [0.29, 0.717) is 0 Å². The molecule has 1 aliphatic heterocycles. The van der Waals surface area contributed by atoms with Gasteiger partial charge in [-0.1, -0.05) is 237 Å². The van der Waals surface area contributed by atoms with Crippen molar-refractivity contribution in [2.45, 2.75) is 0 Å². The van der Waals surface area contributed by atoms with Crippen LogP contribution in [-0.4, -0.2) is 25.3 Å². The average Bonchev–Trinajstić information content (AvgIpc) is 3.95. The van der Waals surface area contributed by atoms with Crippen LogP contribution in [0.15, 0.2) is 279 Å². The quantitative estimate of drug-likeness (QED) is 0.141. The second-order valence-electron chi connectivity index (χ2n) is 18.7. The molecule has 0 N–H and O–H groups in total. The molecule has 13 aromatic rings. The van der Waals surface area contributed by atoms with Crippen LogP contribution in [0, 0.1) is 0 Å². The molecule has 70 heavy (non-hydrogen) atoms. The highest BCUT2D eigenvalue weighted by Gasteiger charge is 2.56. The molecular weight excluding hydrogens is 877 g/mol. The molecule has 0 amide bonds. The summed E-state index contributed by atoms with van der Waals surface area (Å²) in [6.45, 7) is 0. The van der Waals surface area contributed by atoms with Gasteiger partial charge in [0.1, 0.15) is 0 Å². The third-order valence-corrected chi connectivity index (χ3v) is 25.6. The van der Waals surface area contributed by atoms with Crippen LogP contribution < -0.4 is 41.5 Å². The zero-order chi connectivity index (χ0) is 46.2. The zero-order valence-corrected chi connectivity index (χ0v) is 40.5. The first-order valence-electron chi connectivity index (χ1n) is 24.3. The number of para-hydroxylation sites is 2. The normalized spacial score (nSPS) is 13.7. The van der Waals surface area contributed by atoms with Gasteiger partial charge in [0.05, 0.1) is 22.1 Å². The van der Waals surface area contributed by atoms with E-state index in [1.54, 1.807) is 0 Å². The maximum atomic E-state index is 2.59. The summed E-state index contributed by atoms with van der Waals surface area (Å²) in [4.78, 5) is 0. The summed E-state index contributed by atoms with van der Waals surface area (Å²) in [6, 6.07) is 106. The fourth-order valence-electron chi connectivity index (χ4n) is 12.5. The Balaban J connectivity index is 1.05. The highest BCUT2D eigenvalue weighted by molar-refractivity contribution is 7.33. The number of rotatable bonds is 7. The van der Waals surface area contributed by atoms with E-state index in [1.165, 1.54) is 96.2 Å². The summed E-state index contributed by atoms with van der Waals surface area (Å²) in [5.74, 6) is 0. The van der Waals surface area contributed by atoms with Crippen LogP contribution in [0.3, 0.4) is 0 Å². The van der Waals surface area contributed by atoms with E-state index in [2.05, 4.69) is 288 Å². The van der Waals surface area contributed by atoms with Gasteiger partial charge in [-0.3, -0.25) is 0 Å². The summed E-state index contributed by atoms with van der Waals surface area (Å²) in [5, 5.41) is 16.5. The molecule has 1 aliphatic rings. The van der Waals surface area contributed by atoms with Crippen molar-refractivity contribution in [3.63, 3.8) is 0 Å². The van der Waals surface area contributed by atoms with Gasteiger partial charge < -0.3 is 9.13 Å². The molecule has 0 unspecified atom stereocenters. The van der Waals surface area contributed by atoms with Crippen molar-refractivity contribution in [3.05, 3.63) is 279 Å². The van der Waals surface area contributed by atoms with Crippen molar-refractivity contribution in [3.8, 4) is 22.5 Å². The third-order valence-electron chi connectivity index (χ3n) is 15.3. The van der Waals surface area contributed by atoms with Gasteiger partial charge in [-0.05, 0) is 95.1 Å². The Hall–Kier alpha value is -8.55. The van der Waals surface area contributed by atoms with Crippen LogP contribution in [0.5, 0.6) is 0 Å². The molecule has 0 aliphatic carbocycles. The summed E-state index contributed by atoms with van der Waals surface area (Å²) >= 11 is 0. The molecule has 3 heterocycles. The molecule has 14 rings (SSSR count). The standard InChI is InChI=1S/C66H46N2Si2/c1-5-21-47(22-6-1)48-37-39-49(40-38-48)67-59-31-15-13-29-55(59)57-43-41-50(45-61(57)67)68-60-32-16-14-30-56(60)58-44-42-54(46-62(58)68)70(53-27-11-4-12-28-53)65-35-19-17-33-63(65)69(51-23-7-2-8-24-51,52-25-9-3-10-26-52)64-34-18-20-36-66(64)70/h1-46H. The van der Waals surface area contributed by atoms with Gasteiger partial charge in [-0.2, -0.15) is 0 Å². The number of benzene rings is 11. The van der Waals surface area contributed by atoms with Gasteiger partial charge >= 0.3 is 0 Å². The fourth-order valence-corrected chi connectivity index (χ4v) is 24.6. The summed E-state index contributed by atoms with van der Waals surface area (Å²) in [6.07, 6.45) is 0. The van der Waals surface area contributed by atoms with Crippen LogP contribution >= 0.6 is 0 Å². The molecule has 0 radical (unpaired) electrons. The molecule has 0 saturated carbocycles. The summed E-state index contributed by atoms with van der Waals surface area (Å²) in [7, 11) is -5.89. The first-order valence-corrected chi connectivity index (χ1v) is 28.3. The second-order valence-corrected chi connectivity index (χ2v) is 26.2. The lowest BCUT2D eigenvalue weighted by Crippen LogP contribution is -2.93. The maximum Gasteiger partial charge on any atom is 0.179 e. The minimum atomic E-state index is -3.05. The SMILES string of the molecule is c1ccc(-c2ccc(-n3c4ccccc4c4ccc(-n5c6ccccc6c6ccc([Si]7(c8ccccc8)c8ccccc8[Si](c8ccccc8)(c8ccccc8)c8ccccc87)cc65)cc43)cc2)cc1. The van der Waals surface area contributed by atoms with E-state index in [4.69, 9.17) is 0 Å². The largest absolute Gasteiger partial charge is 0.309 e. The molecule has 2 nitrogen and oxygen atoms in total. The maximum absolute atomic E-state index is 3.05. The van der Waals surface area contributed by atoms with E-state index >= 15 is 0 Å². The highest BCUT2D eigenvalue weighted by Crippen LogP contribution is 2.37. The van der Waals surface area contributed by atoms with Gasteiger partial charge in [-0.25, -0.2) is 0 Å². The predicted octanol–water partition coefficient (Wildman–Crippen LogP) is 10.6. The summed E-state index contributed by atoms with van der Waals surface area (Å²) in [5.41, 5.74) is 9.50. The Bertz CT molecular complexity index is 4010. The van der Waals surface area contributed by atoms with Crippen molar-refractivity contribution >= 4 is 101 Å². The number of fused-ring (bicyclic) bond motifs is 8. The Kier molecular flexibility index (Phi) is 9.28. The van der Waals surface area contributed by atoms with Crippen molar-refractivity contribution in [2.75, 3.05) is 0 Å². The van der Waals surface area contributed by atoms with Crippen LogP contribution in [0.25, 0.3) is 66.1 Å². The van der Waals surface area contributed by atoms with Crippen LogP contribution in [0.2, 0.25) is 0 Å². The first kappa shape index (κ1) is 40.5. The monoisotopic (exact) mass is 922 g/mol. The van der Waals surface area contributed by atoms with Crippen LogP contribution in [-0.2, 0) is 0 Å². The van der Waals surface area contributed by atoms with Crippen LogP contribution in [0.4, 0.5) is 0 Å². The van der Waals surface area contributed by atoms with E-state index < -0.39 is 16.1 Å². The number of hydrogen-bond acceptors (Lipinski definition) is 0. The van der Waals surface area contributed by atoms with Gasteiger partial charge in [0.25, 0.3) is 0 Å². The molecule has 0 spiro atoms. The topological polar surface area (TPSA) is 9.86 Å². The van der Waals surface area contributed by atoms with E-state index in [9.17, 15) is 0 Å². The van der Waals surface area contributed by atoms with Gasteiger partial charge in [0.15, 0.2) is 16.1 Å². The number of nitrogens with zero attached hydrogens (tertiary/aromatic N) is 2. The molecule has 0 saturated heterocycles. The fraction of sp³-hybridized carbons (Fsp3) is 0. The lowest BCUT2D eigenvalue weighted by molar-refractivity contribution is 1.15. The minimum absolute atomic E-state index is 1.14. The molecular formula is C66H46N2Si2. The van der Waals surface area contributed by atoms with Gasteiger partial charge in [0, 0.05) is 32.9 Å². The van der Waals surface area contributed by atoms with Gasteiger partial charge in [-0.15, -0.1) is 0 Å². The highest BCUT2D eigenvalue weighted by atomic mass is 28.3. The molecule has 328 valence electrons. The molecule has 4 heteroatoms. The van der Waals surface area contributed by atoms with Crippen molar-refractivity contribution in [1.82, 2.24) is 9.13 Å². The number of aromatic nitrogens is 2. The van der Waals surface area contributed by atoms with E-state index in [0.717, 1.165) is 11.4 Å². The number of hydrogen-bond donors (Lipinski definition) is 0. The smallest absolute Gasteiger partial charge is 0.179 e. The molecule has 0 bridgehead atoms. The zero-order valence-electron chi connectivity index (χ0n) is 38.5. The molecule has 11 aromatic carbocycles. The average molecular weight is 923 g/mol.